The van der Waals surface area contributed by atoms with Crippen molar-refractivity contribution >= 4 is 10.9 Å². The zero-order valence-electron chi connectivity index (χ0n) is 10.8. The fraction of sp³-hybridized carbons (Fsp3) is 0.467. The fourth-order valence-electron chi connectivity index (χ4n) is 3.42. The molecule has 94 valence electrons. The smallest absolute Gasteiger partial charge is 0.0738 e. The van der Waals surface area contributed by atoms with Crippen LogP contribution in [0.5, 0.6) is 0 Å². The lowest BCUT2D eigenvalue weighted by Crippen LogP contribution is -2.27. The average Bonchev–Trinajstić information content (AvgIpc) is 2.56. The summed E-state index contributed by atoms with van der Waals surface area (Å²) in [4.78, 5) is 2.42. The Kier molecular flexibility index (Phi) is 2.26. The Hall–Kier alpha value is -1.32. The summed E-state index contributed by atoms with van der Waals surface area (Å²) in [6.07, 6.45) is 1.17. The molecule has 0 fully saturated rings. The van der Waals surface area contributed by atoms with Gasteiger partial charge in [0, 0.05) is 42.7 Å². The number of likely N-dealkylation sites (N-methyl/N-ethyl adjacent to an activating group) is 1. The lowest BCUT2D eigenvalue weighted by Gasteiger charge is -2.24. The summed E-state index contributed by atoms with van der Waals surface area (Å²) >= 11 is 0. The summed E-state index contributed by atoms with van der Waals surface area (Å²) in [5.74, 6) is 0. The monoisotopic (exact) mass is 242 g/mol. The van der Waals surface area contributed by atoms with E-state index >= 15 is 0 Å². The summed E-state index contributed by atoms with van der Waals surface area (Å²) in [6.45, 7) is 4.85. The van der Waals surface area contributed by atoms with E-state index in [-0.39, 0.29) is 0 Å². The van der Waals surface area contributed by atoms with Gasteiger partial charge in [-0.15, -0.1) is 0 Å². The molecular formula is C15H18N2O. The van der Waals surface area contributed by atoms with Crippen molar-refractivity contribution in [1.29, 1.82) is 0 Å². The Morgan fingerprint density at radius 1 is 1.22 bits per heavy atom. The van der Waals surface area contributed by atoms with E-state index < -0.39 is 0 Å². The number of ether oxygens (including phenoxy) is 1. The van der Waals surface area contributed by atoms with Crippen LogP contribution in [-0.4, -0.2) is 29.7 Å². The normalized spacial score (nSPS) is 19.8. The van der Waals surface area contributed by atoms with Crippen molar-refractivity contribution in [2.24, 2.45) is 0 Å². The summed E-state index contributed by atoms with van der Waals surface area (Å²) < 4.78 is 8.22. The molecule has 0 spiro atoms. The Bertz CT molecular complexity index is 614. The second-order valence-corrected chi connectivity index (χ2v) is 5.43. The maximum Gasteiger partial charge on any atom is 0.0738 e. The van der Waals surface area contributed by atoms with Gasteiger partial charge in [-0.2, -0.15) is 0 Å². The van der Waals surface area contributed by atoms with E-state index in [1.807, 2.05) is 0 Å². The third-order valence-electron chi connectivity index (χ3n) is 4.26. The van der Waals surface area contributed by atoms with E-state index in [0.29, 0.717) is 0 Å². The molecule has 0 unspecified atom stereocenters. The summed E-state index contributed by atoms with van der Waals surface area (Å²) in [6, 6.07) is 6.66. The highest BCUT2D eigenvalue weighted by Crippen LogP contribution is 2.33. The molecule has 3 heterocycles. The van der Waals surface area contributed by atoms with Crippen molar-refractivity contribution in [2.75, 3.05) is 20.2 Å². The first-order valence-electron chi connectivity index (χ1n) is 6.73. The number of aromatic nitrogens is 1. The van der Waals surface area contributed by atoms with Gasteiger partial charge in [0.1, 0.15) is 0 Å². The first-order valence-corrected chi connectivity index (χ1v) is 6.73. The van der Waals surface area contributed by atoms with Gasteiger partial charge in [0.05, 0.1) is 18.7 Å². The van der Waals surface area contributed by atoms with Crippen LogP contribution in [0.1, 0.15) is 16.8 Å². The minimum absolute atomic E-state index is 0.760. The lowest BCUT2D eigenvalue weighted by molar-refractivity contribution is 0.119. The Morgan fingerprint density at radius 3 is 3.11 bits per heavy atom. The summed E-state index contributed by atoms with van der Waals surface area (Å²) in [5.41, 5.74) is 5.86. The van der Waals surface area contributed by atoms with Crippen molar-refractivity contribution in [1.82, 2.24) is 9.47 Å². The van der Waals surface area contributed by atoms with Crippen LogP contribution >= 0.6 is 0 Å². The van der Waals surface area contributed by atoms with Crippen LogP contribution in [-0.2, 0) is 30.9 Å². The topological polar surface area (TPSA) is 17.4 Å². The van der Waals surface area contributed by atoms with E-state index in [1.54, 1.807) is 11.3 Å². The predicted molar refractivity (Wildman–Crippen MR) is 71.6 cm³/mol. The number of para-hydroxylation sites is 1. The van der Waals surface area contributed by atoms with Gasteiger partial charge in [0.15, 0.2) is 0 Å². The molecular weight excluding hydrogens is 224 g/mol. The number of nitrogens with zero attached hydrogens (tertiary/aromatic N) is 2. The van der Waals surface area contributed by atoms with Gasteiger partial charge < -0.3 is 14.2 Å². The molecule has 18 heavy (non-hydrogen) atoms. The van der Waals surface area contributed by atoms with Gasteiger partial charge in [-0.3, -0.25) is 0 Å². The summed E-state index contributed by atoms with van der Waals surface area (Å²) in [7, 11) is 2.21. The number of benzene rings is 1. The lowest BCUT2D eigenvalue weighted by atomic mass is 10.0. The first-order chi connectivity index (χ1) is 8.84. The molecule has 2 aromatic rings. The second-order valence-electron chi connectivity index (χ2n) is 5.43. The molecule has 2 aliphatic rings. The van der Waals surface area contributed by atoms with Crippen LogP contribution in [0.4, 0.5) is 0 Å². The Morgan fingerprint density at radius 2 is 2.17 bits per heavy atom. The molecule has 0 aliphatic carbocycles. The fourth-order valence-corrected chi connectivity index (χ4v) is 3.42. The van der Waals surface area contributed by atoms with E-state index in [1.165, 1.54) is 29.4 Å². The molecule has 0 saturated heterocycles. The molecule has 1 aromatic carbocycles. The van der Waals surface area contributed by atoms with Gasteiger partial charge >= 0.3 is 0 Å². The molecule has 1 aromatic heterocycles. The SMILES string of the molecule is CN1CCc2c(c3cccc4c3n2CCOC4)C1. The molecule has 0 saturated carbocycles. The predicted octanol–water partition coefficient (Wildman–Crippen LogP) is 2.16. The zero-order chi connectivity index (χ0) is 12.1. The highest BCUT2D eigenvalue weighted by Gasteiger charge is 2.24. The summed E-state index contributed by atoms with van der Waals surface area (Å²) in [5, 5.41) is 1.44. The van der Waals surface area contributed by atoms with E-state index in [0.717, 1.165) is 26.3 Å². The molecule has 0 bridgehead atoms. The number of hydrogen-bond acceptors (Lipinski definition) is 2. The standard InChI is InChI=1S/C15H18N2O/c1-16-6-5-14-13(9-16)12-4-2-3-11-10-18-8-7-17(14)15(11)12/h2-4H,5-10H2,1H3. The second kappa shape index (κ2) is 3.84. The van der Waals surface area contributed by atoms with Gasteiger partial charge in [-0.05, 0) is 12.6 Å². The third kappa shape index (κ3) is 1.38. The Labute approximate surface area is 107 Å². The zero-order valence-corrected chi connectivity index (χ0v) is 10.8. The van der Waals surface area contributed by atoms with Gasteiger partial charge in [-0.1, -0.05) is 18.2 Å². The molecule has 2 aliphatic heterocycles. The van der Waals surface area contributed by atoms with E-state index in [2.05, 4.69) is 34.7 Å². The largest absolute Gasteiger partial charge is 0.375 e. The molecule has 0 radical (unpaired) electrons. The number of hydrogen-bond donors (Lipinski definition) is 0. The van der Waals surface area contributed by atoms with Crippen LogP contribution in [0, 0.1) is 0 Å². The minimum atomic E-state index is 0.760. The van der Waals surface area contributed by atoms with Gasteiger partial charge in [0.2, 0.25) is 0 Å². The van der Waals surface area contributed by atoms with Crippen LogP contribution in [0.2, 0.25) is 0 Å². The van der Waals surface area contributed by atoms with Crippen LogP contribution in [0.15, 0.2) is 18.2 Å². The van der Waals surface area contributed by atoms with Crippen molar-refractivity contribution in [2.45, 2.75) is 26.1 Å². The molecule has 0 N–H and O–H groups in total. The highest BCUT2D eigenvalue weighted by molar-refractivity contribution is 5.88. The van der Waals surface area contributed by atoms with Crippen LogP contribution < -0.4 is 0 Å². The maximum absolute atomic E-state index is 5.71. The minimum Gasteiger partial charge on any atom is -0.375 e. The van der Waals surface area contributed by atoms with E-state index in [9.17, 15) is 0 Å². The maximum atomic E-state index is 5.71. The van der Waals surface area contributed by atoms with Crippen LogP contribution in [0.25, 0.3) is 10.9 Å². The quantitative estimate of drug-likeness (QED) is 0.704. The van der Waals surface area contributed by atoms with Crippen LogP contribution in [0.3, 0.4) is 0 Å². The highest BCUT2D eigenvalue weighted by atomic mass is 16.5. The first kappa shape index (κ1) is 10.6. The Balaban J connectivity index is 2.06. The van der Waals surface area contributed by atoms with Crippen molar-refractivity contribution in [3.8, 4) is 0 Å². The molecule has 4 rings (SSSR count). The van der Waals surface area contributed by atoms with Crippen molar-refractivity contribution in [3.63, 3.8) is 0 Å². The van der Waals surface area contributed by atoms with Crippen molar-refractivity contribution < 1.29 is 4.74 Å². The van der Waals surface area contributed by atoms with E-state index in [4.69, 9.17) is 4.74 Å². The van der Waals surface area contributed by atoms with Crippen molar-refractivity contribution in [3.05, 3.63) is 35.0 Å². The van der Waals surface area contributed by atoms with Gasteiger partial charge in [0.25, 0.3) is 0 Å². The number of fused-ring (bicyclic) bond motifs is 3. The number of rotatable bonds is 0. The molecule has 0 amide bonds. The average molecular weight is 242 g/mol. The van der Waals surface area contributed by atoms with Gasteiger partial charge in [-0.25, -0.2) is 0 Å². The molecule has 3 heteroatoms. The molecule has 3 nitrogen and oxygen atoms in total. The molecule has 0 atom stereocenters. The third-order valence-corrected chi connectivity index (χ3v) is 4.26.